The minimum atomic E-state index is -4.22. The van der Waals surface area contributed by atoms with Crippen molar-refractivity contribution >= 4 is 23.1 Å². The third kappa shape index (κ3) is 5.05. The fraction of sp³-hybridized carbons (Fsp3) is 0.520. The van der Waals surface area contributed by atoms with Gasteiger partial charge in [0.15, 0.2) is 0 Å². The van der Waals surface area contributed by atoms with Gasteiger partial charge in [-0.3, -0.25) is 9.69 Å². The summed E-state index contributed by atoms with van der Waals surface area (Å²) in [6.45, 7) is 1.47. The predicted octanol–water partition coefficient (Wildman–Crippen LogP) is 4.84. The van der Waals surface area contributed by atoms with Gasteiger partial charge in [0.2, 0.25) is 5.91 Å². The zero-order chi connectivity index (χ0) is 23.7. The van der Waals surface area contributed by atoms with Crippen molar-refractivity contribution in [2.75, 3.05) is 43.1 Å². The number of likely N-dealkylation sites (tertiary alicyclic amines) is 1. The summed E-state index contributed by atoms with van der Waals surface area (Å²) in [4.78, 5) is 21.4. The molecule has 5 rings (SSSR count). The molecule has 34 heavy (non-hydrogen) atoms. The number of amides is 1. The zero-order valence-corrected chi connectivity index (χ0v) is 19.0. The molecule has 9 heteroatoms. The molecule has 2 saturated heterocycles. The first-order chi connectivity index (χ1) is 16.4. The van der Waals surface area contributed by atoms with Crippen LogP contribution >= 0.6 is 0 Å². The number of halogens is 3. The van der Waals surface area contributed by atoms with E-state index in [1.807, 2.05) is 23.1 Å². The van der Waals surface area contributed by atoms with Crippen molar-refractivity contribution in [1.29, 1.82) is 0 Å². The molecular weight excluding hydrogens is 445 g/mol. The van der Waals surface area contributed by atoms with Gasteiger partial charge in [-0.25, -0.2) is 4.98 Å². The molecule has 0 radical (unpaired) electrons. The van der Waals surface area contributed by atoms with Crippen molar-refractivity contribution in [1.82, 2.24) is 9.88 Å². The van der Waals surface area contributed by atoms with Gasteiger partial charge >= 0.3 is 6.18 Å². The van der Waals surface area contributed by atoms with Gasteiger partial charge in [-0.2, -0.15) is 13.2 Å². The molecule has 0 aliphatic carbocycles. The summed E-state index contributed by atoms with van der Waals surface area (Å²) >= 11 is 0. The molecule has 6 nitrogen and oxygen atoms in total. The first-order valence-corrected chi connectivity index (χ1v) is 11.9. The lowest BCUT2D eigenvalue weighted by atomic mass is 9.90. The minimum absolute atomic E-state index is 0.0319. The van der Waals surface area contributed by atoms with E-state index in [0.29, 0.717) is 25.3 Å². The van der Waals surface area contributed by atoms with E-state index in [0.717, 1.165) is 48.8 Å². The van der Waals surface area contributed by atoms with Crippen molar-refractivity contribution in [2.24, 2.45) is 5.92 Å². The number of rotatable bonds is 3. The van der Waals surface area contributed by atoms with E-state index in [2.05, 4.69) is 22.4 Å². The number of piperidine rings is 1. The Bertz CT molecular complexity index is 1030. The van der Waals surface area contributed by atoms with Crippen molar-refractivity contribution in [2.45, 2.75) is 44.3 Å². The normalized spacial score (nSPS) is 20.3. The lowest BCUT2D eigenvalue weighted by Crippen LogP contribution is -2.45. The van der Waals surface area contributed by atoms with E-state index in [-0.39, 0.29) is 24.9 Å². The van der Waals surface area contributed by atoms with E-state index < -0.39 is 12.7 Å². The Balaban J connectivity index is 1.42. The first kappa shape index (κ1) is 23.1. The Morgan fingerprint density at radius 1 is 1.12 bits per heavy atom. The van der Waals surface area contributed by atoms with Crippen LogP contribution in [0.15, 0.2) is 36.5 Å². The number of benzene rings is 1. The van der Waals surface area contributed by atoms with Crippen molar-refractivity contribution in [3.05, 3.63) is 47.7 Å². The van der Waals surface area contributed by atoms with Gasteiger partial charge in [0, 0.05) is 30.9 Å². The molecular formula is C25H29F3N4O2. The second-order valence-corrected chi connectivity index (χ2v) is 9.39. The van der Waals surface area contributed by atoms with Crippen LogP contribution in [-0.2, 0) is 16.1 Å². The fourth-order valence-electron chi connectivity index (χ4n) is 5.23. The molecule has 1 N–H and O–H groups in total. The number of anilines is 3. The molecule has 2 aromatic rings. The maximum absolute atomic E-state index is 13.8. The molecule has 182 valence electrons. The summed E-state index contributed by atoms with van der Waals surface area (Å²) in [5.74, 6) is 0.765. The third-order valence-corrected chi connectivity index (χ3v) is 7.08. The van der Waals surface area contributed by atoms with Crippen LogP contribution < -0.4 is 10.2 Å². The van der Waals surface area contributed by atoms with Gasteiger partial charge in [-0.05, 0) is 68.5 Å². The number of carbonyl (C=O) groups is 1. The smallest absolute Gasteiger partial charge is 0.381 e. The summed E-state index contributed by atoms with van der Waals surface area (Å²) in [5.41, 5.74) is 3.72. The number of carbonyl (C=O) groups excluding carboxylic acids is 1. The molecule has 0 bridgehead atoms. The van der Waals surface area contributed by atoms with Crippen molar-refractivity contribution in [3.8, 4) is 0 Å². The van der Waals surface area contributed by atoms with Crippen LogP contribution in [0.3, 0.4) is 0 Å². The van der Waals surface area contributed by atoms with Crippen molar-refractivity contribution in [3.63, 3.8) is 0 Å². The highest BCUT2D eigenvalue weighted by Gasteiger charge is 2.36. The number of nitrogens with one attached hydrogen (secondary N) is 1. The predicted molar refractivity (Wildman–Crippen MR) is 123 cm³/mol. The van der Waals surface area contributed by atoms with Crippen LogP contribution in [0, 0.1) is 5.92 Å². The number of hydrogen-bond acceptors (Lipinski definition) is 5. The average molecular weight is 475 g/mol. The number of pyridine rings is 1. The molecule has 3 aliphatic rings. The zero-order valence-electron chi connectivity index (χ0n) is 19.0. The molecule has 1 aromatic heterocycles. The first-order valence-electron chi connectivity index (χ1n) is 11.9. The second kappa shape index (κ2) is 9.54. The topological polar surface area (TPSA) is 57.7 Å². The van der Waals surface area contributed by atoms with Crippen LogP contribution in [0.4, 0.5) is 30.4 Å². The molecule has 0 spiro atoms. The molecule has 4 heterocycles. The number of aromatic nitrogens is 1. The van der Waals surface area contributed by atoms with E-state index >= 15 is 0 Å². The molecule has 0 saturated carbocycles. The van der Waals surface area contributed by atoms with E-state index in [1.54, 1.807) is 6.20 Å². The van der Waals surface area contributed by atoms with Gasteiger partial charge in [0.05, 0.1) is 24.5 Å². The number of fused-ring (bicyclic) bond motifs is 2. The number of ether oxygens (including phenoxy) is 1. The Hall–Kier alpha value is -2.65. The third-order valence-electron chi connectivity index (χ3n) is 7.08. The lowest BCUT2D eigenvalue weighted by Gasteiger charge is -2.34. The number of alkyl halides is 3. The van der Waals surface area contributed by atoms with Crippen molar-refractivity contribution < 1.29 is 22.7 Å². The largest absolute Gasteiger partial charge is 0.401 e. The van der Waals surface area contributed by atoms with Crippen LogP contribution in [0.2, 0.25) is 0 Å². The highest BCUT2D eigenvalue weighted by molar-refractivity contribution is 5.99. The Kier molecular flexibility index (Phi) is 6.48. The van der Waals surface area contributed by atoms with Gasteiger partial charge < -0.3 is 15.0 Å². The van der Waals surface area contributed by atoms with Gasteiger partial charge in [0.1, 0.15) is 5.82 Å². The Morgan fingerprint density at radius 2 is 1.88 bits per heavy atom. The van der Waals surface area contributed by atoms with E-state index in [1.165, 1.54) is 10.5 Å². The molecule has 1 amide bonds. The van der Waals surface area contributed by atoms with Gasteiger partial charge in [0.25, 0.3) is 0 Å². The summed E-state index contributed by atoms with van der Waals surface area (Å²) in [6, 6.07) is 10.0. The summed E-state index contributed by atoms with van der Waals surface area (Å²) in [6.07, 6.45) is 0.236. The standard InChI is InChI=1S/C25H29F3N4O2/c26-25(27,28)16-31-10-5-18(6-11-31)24(33)32-15-20-2-1-9-29-23(20)30-21-4-3-19(14-22(21)32)17-7-12-34-13-8-17/h1-4,9,14,17-18H,5-8,10-13,15-16H2,(H,29,30). The van der Waals surface area contributed by atoms with Gasteiger partial charge in [-0.1, -0.05) is 12.1 Å². The SMILES string of the molecule is O=C(C1CCN(CC(F)(F)F)CC1)N1Cc2cccnc2Nc2ccc(C3CCOCC3)cc21. The number of hydrogen-bond donors (Lipinski definition) is 1. The van der Waals surface area contributed by atoms with Crippen LogP contribution in [0.1, 0.15) is 42.7 Å². The maximum atomic E-state index is 13.8. The lowest BCUT2D eigenvalue weighted by molar-refractivity contribution is -0.149. The molecule has 0 unspecified atom stereocenters. The molecule has 2 fully saturated rings. The minimum Gasteiger partial charge on any atom is -0.381 e. The Labute approximate surface area is 197 Å². The van der Waals surface area contributed by atoms with Crippen LogP contribution in [0.25, 0.3) is 0 Å². The summed E-state index contributed by atoms with van der Waals surface area (Å²) in [7, 11) is 0. The molecule has 3 aliphatic heterocycles. The highest BCUT2D eigenvalue weighted by atomic mass is 19.4. The monoisotopic (exact) mass is 474 g/mol. The Morgan fingerprint density at radius 3 is 2.62 bits per heavy atom. The quantitative estimate of drug-likeness (QED) is 0.690. The molecule has 0 atom stereocenters. The second-order valence-electron chi connectivity index (χ2n) is 9.39. The van der Waals surface area contributed by atoms with Crippen LogP contribution in [0.5, 0.6) is 0 Å². The van der Waals surface area contributed by atoms with Crippen LogP contribution in [-0.4, -0.2) is 54.8 Å². The van der Waals surface area contributed by atoms with E-state index in [9.17, 15) is 18.0 Å². The highest BCUT2D eigenvalue weighted by Crippen LogP contribution is 2.40. The van der Waals surface area contributed by atoms with E-state index in [4.69, 9.17) is 4.74 Å². The summed E-state index contributed by atoms with van der Waals surface area (Å²) in [5, 5.41) is 3.39. The summed E-state index contributed by atoms with van der Waals surface area (Å²) < 4.78 is 43.9. The average Bonchev–Trinajstić information content (AvgIpc) is 3.00. The number of nitrogens with zero attached hydrogens (tertiary/aromatic N) is 3. The van der Waals surface area contributed by atoms with Gasteiger partial charge in [-0.15, -0.1) is 0 Å². The fourth-order valence-corrected chi connectivity index (χ4v) is 5.23. The molecule has 1 aromatic carbocycles. The maximum Gasteiger partial charge on any atom is 0.401 e.